The third-order valence-corrected chi connectivity index (χ3v) is 13.5. The van der Waals surface area contributed by atoms with Crippen LogP contribution in [-0.4, -0.2) is 12.2 Å². The summed E-state index contributed by atoms with van der Waals surface area (Å²) in [5, 5.41) is 0. The minimum absolute atomic E-state index is 0.0376. The van der Waals surface area contributed by atoms with E-state index in [2.05, 4.69) is 140 Å². The zero-order valence-electron chi connectivity index (χ0n) is 30.5. The number of hydrogen-bond donors (Lipinski definition) is 0. The van der Waals surface area contributed by atoms with Crippen molar-refractivity contribution >= 4 is 0 Å². The molecular formula is C46H54O2. The molecule has 250 valence electrons. The Morgan fingerprint density at radius 2 is 1.17 bits per heavy atom. The first-order valence-corrected chi connectivity index (χ1v) is 18.9. The Balaban J connectivity index is 1.33. The molecule has 0 aromatic heterocycles. The smallest absolute Gasteiger partial charge is 0.192 e. The zero-order valence-corrected chi connectivity index (χ0v) is 30.5. The van der Waals surface area contributed by atoms with Gasteiger partial charge in [-0.05, 0) is 82.7 Å². The van der Waals surface area contributed by atoms with E-state index in [1.54, 1.807) is 0 Å². The monoisotopic (exact) mass is 638 g/mol. The Morgan fingerprint density at radius 1 is 0.583 bits per heavy atom. The highest BCUT2D eigenvalue weighted by atomic mass is 16.7. The van der Waals surface area contributed by atoms with Gasteiger partial charge in [0.25, 0.3) is 0 Å². The fourth-order valence-electron chi connectivity index (χ4n) is 10.8. The van der Waals surface area contributed by atoms with E-state index in [4.69, 9.17) is 9.47 Å². The summed E-state index contributed by atoms with van der Waals surface area (Å²) in [6, 6.07) is 32.7. The van der Waals surface area contributed by atoms with Gasteiger partial charge in [-0.15, -0.1) is 0 Å². The van der Waals surface area contributed by atoms with Gasteiger partial charge in [-0.3, -0.25) is 0 Å². The van der Waals surface area contributed by atoms with Crippen LogP contribution in [-0.2, 0) is 31.5 Å². The van der Waals surface area contributed by atoms with Crippen molar-refractivity contribution in [1.29, 1.82) is 0 Å². The van der Waals surface area contributed by atoms with Crippen molar-refractivity contribution in [1.82, 2.24) is 0 Å². The van der Waals surface area contributed by atoms with Crippen LogP contribution in [0.1, 0.15) is 131 Å². The molecular weight excluding hydrogens is 585 g/mol. The third-order valence-electron chi connectivity index (χ3n) is 13.5. The third kappa shape index (κ3) is 4.18. The molecule has 2 fully saturated rings. The van der Waals surface area contributed by atoms with Crippen LogP contribution in [0.15, 0.2) is 84.9 Å². The van der Waals surface area contributed by atoms with Gasteiger partial charge in [0.1, 0.15) is 0 Å². The minimum Gasteiger partial charge on any atom is -0.342 e. The van der Waals surface area contributed by atoms with E-state index in [-0.39, 0.29) is 28.5 Å². The summed E-state index contributed by atoms with van der Waals surface area (Å²) in [6.45, 7) is 18.6. The Hall–Kier alpha value is -3.20. The second kappa shape index (κ2) is 11.2. The first-order chi connectivity index (χ1) is 23.1. The molecule has 48 heavy (non-hydrogen) atoms. The van der Waals surface area contributed by atoms with Crippen molar-refractivity contribution in [3.63, 3.8) is 0 Å². The standard InChI is InChI=1S/C46H54O2/c1-9-30(10-2)41-27-42(31(11-3)12-4)48-44(8,47-41)36-23-22-29(5)24-38(36)46-28-45(46,32-18-14-13-15-19-32)39-25-34-33-20-16-17-21-35(33)43(6,7)37(34)26-40(39)46/h13-26,30-31,41-42H,9-12,27-28H2,1-8H3/t41?,42?,44?,45?,46-/m1/s1. The van der Waals surface area contributed by atoms with Crippen LogP contribution in [0.3, 0.4) is 0 Å². The van der Waals surface area contributed by atoms with Crippen LogP contribution >= 0.6 is 0 Å². The SMILES string of the molecule is CCC(CC)C1CC(C(CC)CC)OC(C)(c2ccc(C)cc2[C@@]23CC2(c2ccccc2)c2cc4c(cc23)C(C)(C)c2ccccc2-4)O1. The maximum Gasteiger partial charge on any atom is 0.192 e. The molecule has 2 nitrogen and oxygen atoms in total. The molecule has 4 atom stereocenters. The Morgan fingerprint density at radius 3 is 1.81 bits per heavy atom. The van der Waals surface area contributed by atoms with Crippen molar-refractivity contribution < 1.29 is 9.47 Å². The summed E-state index contributed by atoms with van der Waals surface area (Å²) in [6.07, 6.45) is 6.96. The van der Waals surface area contributed by atoms with E-state index in [1.165, 1.54) is 55.6 Å². The summed E-state index contributed by atoms with van der Waals surface area (Å²) < 4.78 is 14.6. The molecule has 0 N–H and O–H groups in total. The Bertz CT molecular complexity index is 1840. The number of aryl methyl sites for hydroxylation is 1. The zero-order chi connectivity index (χ0) is 33.6. The highest BCUT2D eigenvalue weighted by Gasteiger charge is 2.79. The number of rotatable bonds is 9. The van der Waals surface area contributed by atoms with Gasteiger partial charge in [-0.25, -0.2) is 0 Å². The summed E-state index contributed by atoms with van der Waals surface area (Å²) in [5.74, 6) is 0.235. The maximum atomic E-state index is 7.29. The molecule has 3 unspecified atom stereocenters. The lowest BCUT2D eigenvalue weighted by atomic mass is 9.60. The predicted octanol–water partition coefficient (Wildman–Crippen LogP) is 11.5. The van der Waals surface area contributed by atoms with Crippen LogP contribution in [0.5, 0.6) is 0 Å². The van der Waals surface area contributed by atoms with E-state index in [0.717, 1.165) is 38.5 Å². The molecule has 4 aromatic rings. The lowest BCUT2D eigenvalue weighted by Gasteiger charge is -2.49. The Kier molecular flexibility index (Phi) is 7.45. The van der Waals surface area contributed by atoms with Gasteiger partial charge in [0, 0.05) is 28.2 Å². The average Bonchev–Trinajstić information content (AvgIpc) is 3.65. The van der Waals surface area contributed by atoms with Crippen LogP contribution < -0.4 is 0 Å². The Labute approximate surface area is 289 Å². The number of fused-ring (bicyclic) bond motifs is 7. The van der Waals surface area contributed by atoms with Crippen molar-refractivity contribution in [2.24, 2.45) is 11.8 Å². The predicted molar refractivity (Wildman–Crippen MR) is 198 cm³/mol. The molecule has 2 heteroatoms. The normalized spacial score (nSPS) is 29.2. The van der Waals surface area contributed by atoms with Crippen molar-refractivity contribution in [3.05, 3.63) is 129 Å². The van der Waals surface area contributed by atoms with Crippen molar-refractivity contribution in [3.8, 4) is 11.1 Å². The molecule has 1 heterocycles. The van der Waals surface area contributed by atoms with Crippen molar-refractivity contribution in [2.45, 2.75) is 128 Å². The number of hydrogen-bond acceptors (Lipinski definition) is 2. The molecule has 0 radical (unpaired) electrons. The highest BCUT2D eigenvalue weighted by molar-refractivity contribution is 5.87. The second-order valence-electron chi connectivity index (χ2n) is 16.2. The molecule has 4 aromatic carbocycles. The number of ether oxygens (including phenoxy) is 2. The van der Waals surface area contributed by atoms with E-state index in [0.29, 0.717) is 11.8 Å². The maximum absolute atomic E-state index is 7.29. The quantitative estimate of drug-likeness (QED) is 0.182. The van der Waals surface area contributed by atoms with Crippen LogP contribution in [0.4, 0.5) is 0 Å². The van der Waals surface area contributed by atoms with Gasteiger partial charge in [0.05, 0.1) is 12.2 Å². The lowest BCUT2D eigenvalue weighted by molar-refractivity contribution is -0.334. The topological polar surface area (TPSA) is 18.5 Å². The molecule has 1 aliphatic heterocycles. The highest BCUT2D eigenvalue weighted by Crippen LogP contribution is 2.81. The first kappa shape index (κ1) is 32.0. The summed E-state index contributed by atoms with van der Waals surface area (Å²) in [7, 11) is 0. The van der Waals surface area contributed by atoms with Gasteiger partial charge in [0.2, 0.25) is 0 Å². The molecule has 0 amide bonds. The van der Waals surface area contributed by atoms with Gasteiger partial charge >= 0.3 is 0 Å². The van der Waals surface area contributed by atoms with E-state index in [1.807, 2.05) is 0 Å². The molecule has 4 aliphatic rings. The summed E-state index contributed by atoms with van der Waals surface area (Å²) in [5.41, 5.74) is 13.9. The van der Waals surface area contributed by atoms with E-state index in [9.17, 15) is 0 Å². The van der Waals surface area contributed by atoms with Gasteiger partial charge < -0.3 is 9.47 Å². The summed E-state index contributed by atoms with van der Waals surface area (Å²) in [4.78, 5) is 0. The summed E-state index contributed by atoms with van der Waals surface area (Å²) >= 11 is 0. The fraction of sp³-hybridized carbons (Fsp3) is 0.478. The molecule has 0 spiro atoms. The van der Waals surface area contributed by atoms with Crippen LogP contribution in [0, 0.1) is 18.8 Å². The number of benzene rings is 4. The molecule has 8 rings (SSSR count). The molecule has 1 saturated carbocycles. The second-order valence-corrected chi connectivity index (χ2v) is 16.2. The molecule has 1 saturated heterocycles. The van der Waals surface area contributed by atoms with Crippen LogP contribution in [0.2, 0.25) is 0 Å². The minimum atomic E-state index is -0.816. The van der Waals surface area contributed by atoms with E-state index >= 15 is 0 Å². The lowest BCUT2D eigenvalue weighted by Crippen LogP contribution is -2.50. The molecule has 0 bridgehead atoms. The largest absolute Gasteiger partial charge is 0.342 e. The average molecular weight is 639 g/mol. The van der Waals surface area contributed by atoms with Gasteiger partial charge in [-0.1, -0.05) is 152 Å². The molecule has 3 aliphatic carbocycles. The van der Waals surface area contributed by atoms with Crippen LogP contribution in [0.25, 0.3) is 11.1 Å². The van der Waals surface area contributed by atoms with Gasteiger partial charge in [-0.2, -0.15) is 0 Å². The fourth-order valence-corrected chi connectivity index (χ4v) is 10.8. The van der Waals surface area contributed by atoms with Crippen molar-refractivity contribution in [2.75, 3.05) is 0 Å². The van der Waals surface area contributed by atoms with Gasteiger partial charge in [0.15, 0.2) is 5.79 Å². The van der Waals surface area contributed by atoms with E-state index < -0.39 is 5.79 Å². The first-order valence-electron chi connectivity index (χ1n) is 18.9.